The highest BCUT2D eigenvalue weighted by atomic mass is 35.5. The van der Waals surface area contributed by atoms with E-state index in [1.807, 2.05) is 0 Å². The molecule has 0 spiro atoms. The van der Waals surface area contributed by atoms with Crippen molar-refractivity contribution in [2.75, 3.05) is 17.6 Å². The third-order valence-electron chi connectivity index (χ3n) is 4.82. The standard InChI is InChI=1S/C22H20Cl2F3N5O/c1-12-13(2-7-19(28)32-12)9-30-20(33)8-15-16(24)4-5-17(21(15)25)31-11-22(26,27)18-6-3-14(23)10-29-18/h2-7,10,31H,8-9,11H2,1H3,(H2,28,32)(H,30,33). The third-order valence-corrected chi connectivity index (χ3v) is 5.40. The van der Waals surface area contributed by atoms with E-state index in [-0.39, 0.29) is 34.3 Å². The normalized spacial score (nSPS) is 11.3. The summed E-state index contributed by atoms with van der Waals surface area (Å²) in [6, 6.07) is 8.28. The molecule has 0 aliphatic carbocycles. The van der Waals surface area contributed by atoms with E-state index in [2.05, 4.69) is 20.6 Å². The molecule has 1 aromatic carbocycles. The number of nitrogens with one attached hydrogen (secondary N) is 2. The van der Waals surface area contributed by atoms with Gasteiger partial charge in [-0.05, 0) is 42.8 Å². The summed E-state index contributed by atoms with van der Waals surface area (Å²) in [5, 5.41) is 5.25. The maximum absolute atomic E-state index is 15.0. The molecule has 0 aliphatic rings. The molecule has 0 saturated heterocycles. The number of aryl methyl sites for hydroxylation is 1. The highest BCUT2D eigenvalue weighted by Gasteiger charge is 2.33. The molecular weight excluding hydrogens is 478 g/mol. The van der Waals surface area contributed by atoms with Gasteiger partial charge in [0.25, 0.3) is 0 Å². The van der Waals surface area contributed by atoms with Gasteiger partial charge in [0.15, 0.2) is 5.82 Å². The average Bonchev–Trinajstić information content (AvgIpc) is 2.76. The number of rotatable bonds is 8. The molecule has 0 atom stereocenters. The molecule has 0 unspecified atom stereocenters. The van der Waals surface area contributed by atoms with Crippen molar-refractivity contribution >= 4 is 40.6 Å². The van der Waals surface area contributed by atoms with Gasteiger partial charge in [-0.3, -0.25) is 9.78 Å². The molecule has 0 saturated carbocycles. The number of benzene rings is 1. The second-order valence-corrected chi connectivity index (χ2v) is 8.08. The van der Waals surface area contributed by atoms with Crippen molar-refractivity contribution in [3.8, 4) is 0 Å². The van der Waals surface area contributed by atoms with Crippen molar-refractivity contribution in [1.29, 1.82) is 0 Å². The summed E-state index contributed by atoms with van der Waals surface area (Å²) < 4.78 is 43.8. The van der Waals surface area contributed by atoms with E-state index in [0.29, 0.717) is 11.5 Å². The first kappa shape index (κ1) is 24.6. The quantitative estimate of drug-likeness (QED) is 0.412. The molecule has 0 aliphatic heterocycles. The van der Waals surface area contributed by atoms with Crippen molar-refractivity contribution in [1.82, 2.24) is 15.3 Å². The molecule has 2 aromatic heterocycles. The van der Waals surface area contributed by atoms with Gasteiger partial charge in [0.05, 0.1) is 23.7 Å². The zero-order valence-corrected chi connectivity index (χ0v) is 18.9. The summed E-state index contributed by atoms with van der Waals surface area (Å²) in [6.45, 7) is 0.990. The topological polar surface area (TPSA) is 92.9 Å². The number of alkyl halides is 2. The molecule has 174 valence electrons. The van der Waals surface area contributed by atoms with Crippen LogP contribution in [0.4, 0.5) is 24.7 Å². The number of amides is 1. The molecule has 0 radical (unpaired) electrons. The molecule has 4 N–H and O–H groups in total. The Labute approximate surface area is 198 Å². The first-order valence-electron chi connectivity index (χ1n) is 9.76. The Morgan fingerprint density at radius 2 is 1.91 bits per heavy atom. The smallest absolute Gasteiger partial charge is 0.306 e. The number of hydrogen-bond acceptors (Lipinski definition) is 5. The summed E-state index contributed by atoms with van der Waals surface area (Å²) >= 11 is 11.7. The molecule has 2 heterocycles. The van der Waals surface area contributed by atoms with E-state index in [4.69, 9.17) is 28.9 Å². The van der Waals surface area contributed by atoms with Gasteiger partial charge < -0.3 is 16.4 Å². The lowest BCUT2D eigenvalue weighted by Crippen LogP contribution is -2.27. The molecule has 3 rings (SSSR count). The van der Waals surface area contributed by atoms with Crippen LogP contribution in [-0.2, 0) is 23.7 Å². The van der Waals surface area contributed by atoms with Crippen molar-refractivity contribution in [2.24, 2.45) is 0 Å². The zero-order chi connectivity index (χ0) is 24.2. The van der Waals surface area contributed by atoms with Gasteiger partial charge in [-0.2, -0.15) is 8.78 Å². The number of halogens is 5. The number of carbonyl (C=O) groups excluding carboxylic acids is 1. The van der Waals surface area contributed by atoms with Crippen LogP contribution in [0.15, 0.2) is 42.6 Å². The van der Waals surface area contributed by atoms with Gasteiger partial charge in [0.1, 0.15) is 11.5 Å². The molecular formula is C22H20Cl2F3N5O. The first-order valence-corrected chi connectivity index (χ1v) is 10.5. The van der Waals surface area contributed by atoms with Crippen molar-refractivity contribution < 1.29 is 18.0 Å². The fourth-order valence-electron chi connectivity index (χ4n) is 3.00. The molecule has 0 fully saturated rings. The molecule has 6 nitrogen and oxygen atoms in total. The summed E-state index contributed by atoms with van der Waals surface area (Å²) in [5.74, 6) is -4.42. The fourth-order valence-corrected chi connectivity index (χ4v) is 3.32. The van der Waals surface area contributed by atoms with Crippen LogP contribution in [0.5, 0.6) is 0 Å². The van der Waals surface area contributed by atoms with Gasteiger partial charge in [-0.15, -0.1) is 0 Å². The second kappa shape index (κ2) is 10.3. The zero-order valence-electron chi connectivity index (χ0n) is 17.4. The Kier molecular flexibility index (Phi) is 7.65. The van der Waals surface area contributed by atoms with Crippen LogP contribution >= 0.6 is 23.2 Å². The molecule has 3 aromatic rings. The number of pyridine rings is 2. The van der Waals surface area contributed by atoms with E-state index in [1.54, 1.807) is 19.1 Å². The van der Waals surface area contributed by atoms with Crippen molar-refractivity contribution in [3.63, 3.8) is 0 Å². The number of nitrogens with zero attached hydrogens (tertiary/aromatic N) is 2. The van der Waals surface area contributed by atoms with E-state index < -0.39 is 29.9 Å². The molecule has 33 heavy (non-hydrogen) atoms. The van der Waals surface area contributed by atoms with Crippen LogP contribution in [0, 0.1) is 12.7 Å². The summed E-state index contributed by atoms with van der Waals surface area (Å²) in [4.78, 5) is 20.1. The summed E-state index contributed by atoms with van der Waals surface area (Å²) in [6.07, 6.45) is 0.725. The minimum absolute atomic E-state index is 0.00431. The van der Waals surface area contributed by atoms with Crippen LogP contribution in [-0.4, -0.2) is 22.4 Å². The molecule has 0 bridgehead atoms. The molecule has 1 amide bonds. The van der Waals surface area contributed by atoms with E-state index in [9.17, 15) is 18.0 Å². The van der Waals surface area contributed by atoms with E-state index >= 15 is 0 Å². The predicted octanol–water partition coefficient (Wildman–Crippen LogP) is 4.88. The van der Waals surface area contributed by atoms with Gasteiger partial charge in [0, 0.05) is 29.0 Å². The van der Waals surface area contributed by atoms with Gasteiger partial charge in [-0.25, -0.2) is 9.37 Å². The van der Waals surface area contributed by atoms with Crippen LogP contribution in [0.2, 0.25) is 10.0 Å². The Bertz CT molecular complexity index is 1160. The largest absolute Gasteiger partial charge is 0.384 e. The van der Waals surface area contributed by atoms with Crippen LogP contribution in [0.25, 0.3) is 0 Å². The number of aromatic nitrogens is 2. The number of carbonyl (C=O) groups is 1. The van der Waals surface area contributed by atoms with Gasteiger partial charge in [-0.1, -0.05) is 29.3 Å². The Hall–Kier alpha value is -3.04. The summed E-state index contributed by atoms with van der Waals surface area (Å²) in [7, 11) is 0. The Morgan fingerprint density at radius 3 is 2.58 bits per heavy atom. The predicted molar refractivity (Wildman–Crippen MR) is 122 cm³/mol. The second-order valence-electron chi connectivity index (χ2n) is 7.24. The highest BCUT2D eigenvalue weighted by molar-refractivity contribution is 6.31. The number of hydrogen-bond donors (Lipinski definition) is 3. The SMILES string of the molecule is Cc1nc(N)ccc1CNC(=O)Cc1c(Cl)ccc(NCC(F)(F)c2ccc(Cl)cn2)c1F. The number of nitrogen functional groups attached to an aromatic ring is 1. The maximum atomic E-state index is 15.0. The minimum Gasteiger partial charge on any atom is -0.384 e. The first-order chi connectivity index (χ1) is 15.6. The van der Waals surface area contributed by atoms with Gasteiger partial charge in [0.2, 0.25) is 5.91 Å². The lowest BCUT2D eigenvalue weighted by molar-refractivity contribution is -0.120. The average molecular weight is 498 g/mol. The maximum Gasteiger partial charge on any atom is 0.306 e. The number of nitrogens with two attached hydrogens (primary N) is 1. The monoisotopic (exact) mass is 497 g/mol. The van der Waals surface area contributed by atoms with Crippen molar-refractivity contribution in [2.45, 2.75) is 25.8 Å². The lowest BCUT2D eigenvalue weighted by atomic mass is 10.1. The van der Waals surface area contributed by atoms with Gasteiger partial charge >= 0.3 is 5.92 Å². The Morgan fingerprint density at radius 1 is 1.15 bits per heavy atom. The van der Waals surface area contributed by atoms with E-state index in [1.165, 1.54) is 18.2 Å². The van der Waals surface area contributed by atoms with E-state index in [0.717, 1.165) is 17.8 Å². The molecule has 11 heteroatoms. The summed E-state index contributed by atoms with van der Waals surface area (Å²) in [5.41, 5.74) is 6.17. The van der Waals surface area contributed by atoms with Crippen molar-refractivity contribution in [3.05, 3.63) is 81.0 Å². The van der Waals surface area contributed by atoms with Crippen LogP contribution in [0.1, 0.15) is 22.5 Å². The fraction of sp³-hybridized carbons (Fsp3) is 0.227. The lowest BCUT2D eigenvalue weighted by Gasteiger charge is -2.18. The van der Waals surface area contributed by atoms with Crippen LogP contribution < -0.4 is 16.4 Å². The van der Waals surface area contributed by atoms with Crippen LogP contribution in [0.3, 0.4) is 0 Å². The number of anilines is 2. The Balaban J connectivity index is 1.67. The minimum atomic E-state index is -3.39. The third kappa shape index (κ3) is 6.27. The highest BCUT2D eigenvalue weighted by Crippen LogP contribution is 2.30.